The average molecular weight is 291 g/mol. The molecule has 5 heteroatoms. The first-order valence-electron chi connectivity index (χ1n) is 6.28. The van der Waals surface area contributed by atoms with E-state index in [4.69, 9.17) is 17.3 Å². The lowest BCUT2D eigenvalue weighted by Gasteiger charge is -2.12. The van der Waals surface area contributed by atoms with Gasteiger partial charge in [-0.1, -0.05) is 41.9 Å². The van der Waals surface area contributed by atoms with E-state index in [-0.39, 0.29) is 11.7 Å². The van der Waals surface area contributed by atoms with E-state index in [2.05, 4.69) is 0 Å². The fourth-order valence-corrected chi connectivity index (χ4v) is 2.33. The Kier molecular flexibility index (Phi) is 4.71. The number of nitrogens with two attached hydrogens (primary N) is 1. The zero-order chi connectivity index (χ0) is 14.5. The molecule has 0 fully saturated rings. The molecule has 0 saturated heterocycles. The predicted octanol–water partition coefficient (Wildman–Crippen LogP) is 3.36. The van der Waals surface area contributed by atoms with Crippen LogP contribution in [-0.2, 0) is 12.8 Å². The fraction of sp³-hybridized carbons (Fsp3) is 0.200. The van der Waals surface area contributed by atoms with E-state index in [0.717, 1.165) is 11.1 Å². The lowest BCUT2D eigenvalue weighted by atomic mass is 9.99. The molecule has 2 rings (SSSR count). The van der Waals surface area contributed by atoms with Gasteiger partial charge in [0.15, 0.2) is 0 Å². The van der Waals surface area contributed by atoms with Crippen molar-refractivity contribution in [2.45, 2.75) is 18.9 Å². The van der Waals surface area contributed by atoms with Crippen molar-refractivity contribution in [3.63, 3.8) is 0 Å². The fourth-order valence-electron chi connectivity index (χ4n) is 2.12. The minimum Gasteiger partial charge on any atom is -0.327 e. The Morgan fingerprint density at radius 2 is 1.90 bits per heavy atom. The molecule has 0 bridgehead atoms. The largest absolute Gasteiger partial charge is 0.327 e. The summed E-state index contributed by atoms with van der Waals surface area (Å²) in [6, 6.07) is 14.0. The van der Waals surface area contributed by atoms with Crippen LogP contribution in [0, 0.1) is 10.1 Å². The highest BCUT2D eigenvalue weighted by molar-refractivity contribution is 6.31. The van der Waals surface area contributed by atoms with Gasteiger partial charge in [-0.3, -0.25) is 10.1 Å². The number of non-ortho nitro benzene ring substituents is 1. The normalized spacial score (nSPS) is 12.1. The van der Waals surface area contributed by atoms with E-state index < -0.39 is 4.92 Å². The molecule has 0 aromatic heterocycles. The molecule has 1 unspecified atom stereocenters. The van der Waals surface area contributed by atoms with Crippen molar-refractivity contribution in [3.05, 3.63) is 74.8 Å². The molecule has 104 valence electrons. The standard InChI is InChI=1S/C15H15ClN2O2/c16-15-7-2-1-5-12(15)10-13(17)8-11-4-3-6-14(9-11)18(19)20/h1-7,9,13H,8,10,17H2. The number of hydrogen-bond donors (Lipinski definition) is 1. The average Bonchev–Trinajstić information content (AvgIpc) is 2.41. The summed E-state index contributed by atoms with van der Waals surface area (Å²) in [6.45, 7) is 0. The lowest BCUT2D eigenvalue weighted by Crippen LogP contribution is -2.25. The predicted molar refractivity (Wildman–Crippen MR) is 79.9 cm³/mol. The molecule has 20 heavy (non-hydrogen) atoms. The van der Waals surface area contributed by atoms with Crippen LogP contribution in [0.5, 0.6) is 0 Å². The molecule has 0 aliphatic heterocycles. The Morgan fingerprint density at radius 1 is 1.15 bits per heavy atom. The number of hydrogen-bond acceptors (Lipinski definition) is 3. The van der Waals surface area contributed by atoms with Crippen molar-refractivity contribution in [3.8, 4) is 0 Å². The summed E-state index contributed by atoms with van der Waals surface area (Å²) in [5, 5.41) is 11.4. The van der Waals surface area contributed by atoms with E-state index in [0.29, 0.717) is 17.9 Å². The Hall–Kier alpha value is -1.91. The van der Waals surface area contributed by atoms with Crippen LogP contribution in [0.3, 0.4) is 0 Å². The van der Waals surface area contributed by atoms with Crippen LogP contribution < -0.4 is 5.73 Å². The Balaban J connectivity index is 2.05. The molecule has 0 aliphatic carbocycles. The van der Waals surface area contributed by atoms with Crippen molar-refractivity contribution in [2.24, 2.45) is 5.73 Å². The number of rotatable bonds is 5. The van der Waals surface area contributed by atoms with E-state index in [1.54, 1.807) is 12.1 Å². The van der Waals surface area contributed by atoms with Crippen LogP contribution in [0.1, 0.15) is 11.1 Å². The van der Waals surface area contributed by atoms with Crippen LogP contribution in [-0.4, -0.2) is 11.0 Å². The van der Waals surface area contributed by atoms with Crippen LogP contribution in [0.4, 0.5) is 5.69 Å². The van der Waals surface area contributed by atoms with Gasteiger partial charge >= 0.3 is 0 Å². The lowest BCUT2D eigenvalue weighted by molar-refractivity contribution is -0.384. The summed E-state index contributed by atoms with van der Waals surface area (Å²) >= 11 is 6.09. The second-order valence-corrected chi connectivity index (χ2v) is 5.09. The van der Waals surface area contributed by atoms with E-state index in [1.807, 2.05) is 30.3 Å². The molecular formula is C15H15ClN2O2. The van der Waals surface area contributed by atoms with E-state index in [1.165, 1.54) is 6.07 Å². The van der Waals surface area contributed by atoms with Gasteiger partial charge in [0.05, 0.1) is 4.92 Å². The molecule has 2 N–H and O–H groups in total. The maximum atomic E-state index is 10.7. The van der Waals surface area contributed by atoms with Gasteiger partial charge in [-0.25, -0.2) is 0 Å². The first kappa shape index (κ1) is 14.5. The molecule has 4 nitrogen and oxygen atoms in total. The molecule has 0 saturated carbocycles. The molecule has 0 aliphatic rings. The summed E-state index contributed by atoms with van der Waals surface area (Å²) in [6.07, 6.45) is 1.22. The van der Waals surface area contributed by atoms with Gasteiger partial charge in [0, 0.05) is 23.2 Å². The molecule has 0 amide bonds. The molecule has 0 radical (unpaired) electrons. The van der Waals surface area contributed by atoms with Gasteiger partial charge in [0.1, 0.15) is 0 Å². The second kappa shape index (κ2) is 6.50. The van der Waals surface area contributed by atoms with Crippen molar-refractivity contribution >= 4 is 17.3 Å². The third kappa shape index (κ3) is 3.79. The van der Waals surface area contributed by atoms with Crippen LogP contribution in [0.25, 0.3) is 0 Å². The van der Waals surface area contributed by atoms with Crippen molar-refractivity contribution in [2.75, 3.05) is 0 Å². The highest BCUT2D eigenvalue weighted by Crippen LogP contribution is 2.19. The van der Waals surface area contributed by atoms with Gasteiger partial charge in [-0.15, -0.1) is 0 Å². The third-order valence-corrected chi connectivity index (χ3v) is 3.43. The highest BCUT2D eigenvalue weighted by Gasteiger charge is 2.11. The minimum absolute atomic E-state index is 0.0902. The van der Waals surface area contributed by atoms with Crippen molar-refractivity contribution in [1.29, 1.82) is 0 Å². The first-order chi connectivity index (χ1) is 9.56. The summed E-state index contributed by atoms with van der Waals surface area (Å²) in [7, 11) is 0. The summed E-state index contributed by atoms with van der Waals surface area (Å²) in [4.78, 5) is 10.3. The zero-order valence-corrected chi connectivity index (χ0v) is 11.6. The molecule has 0 spiro atoms. The Labute approximate surface area is 122 Å². The third-order valence-electron chi connectivity index (χ3n) is 3.06. The van der Waals surface area contributed by atoms with Gasteiger partial charge in [0.2, 0.25) is 0 Å². The van der Waals surface area contributed by atoms with Gasteiger partial charge in [0.25, 0.3) is 5.69 Å². The molecule has 1 atom stereocenters. The zero-order valence-electron chi connectivity index (χ0n) is 10.8. The summed E-state index contributed by atoms with van der Waals surface area (Å²) < 4.78 is 0. The number of nitro benzene ring substituents is 1. The quantitative estimate of drug-likeness (QED) is 0.678. The number of halogens is 1. The molecule has 2 aromatic rings. The maximum Gasteiger partial charge on any atom is 0.269 e. The van der Waals surface area contributed by atoms with Crippen LogP contribution in [0.2, 0.25) is 5.02 Å². The highest BCUT2D eigenvalue weighted by atomic mass is 35.5. The monoisotopic (exact) mass is 290 g/mol. The minimum atomic E-state index is -0.400. The van der Waals surface area contributed by atoms with Crippen molar-refractivity contribution < 1.29 is 4.92 Å². The molecular weight excluding hydrogens is 276 g/mol. The summed E-state index contributed by atoms with van der Waals surface area (Å²) in [5.41, 5.74) is 8.05. The summed E-state index contributed by atoms with van der Waals surface area (Å²) in [5.74, 6) is 0. The first-order valence-corrected chi connectivity index (χ1v) is 6.66. The van der Waals surface area contributed by atoms with Gasteiger partial charge < -0.3 is 5.73 Å². The van der Waals surface area contributed by atoms with Crippen LogP contribution >= 0.6 is 11.6 Å². The molecule has 2 aromatic carbocycles. The number of nitro groups is 1. The Morgan fingerprint density at radius 3 is 2.60 bits per heavy atom. The molecule has 0 heterocycles. The topological polar surface area (TPSA) is 69.2 Å². The van der Waals surface area contributed by atoms with Crippen LogP contribution in [0.15, 0.2) is 48.5 Å². The van der Waals surface area contributed by atoms with Crippen molar-refractivity contribution in [1.82, 2.24) is 0 Å². The van der Waals surface area contributed by atoms with E-state index >= 15 is 0 Å². The SMILES string of the molecule is NC(Cc1cccc([N+](=O)[O-])c1)Cc1ccccc1Cl. The van der Waals surface area contributed by atoms with Gasteiger partial charge in [-0.2, -0.15) is 0 Å². The second-order valence-electron chi connectivity index (χ2n) is 4.69. The Bertz CT molecular complexity index is 616. The number of benzene rings is 2. The van der Waals surface area contributed by atoms with E-state index in [9.17, 15) is 10.1 Å². The smallest absolute Gasteiger partial charge is 0.269 e. The van der Waals surface area contributed by atoms with Gasteiger partial charge in [-0.05, 0) is 30.0 Å². The maximum absolute atomic E-state index is 10.7. The number of nitrogens with zero attached hydrogens (tertiary/aromatic N) is 1.